The normalized spacial score (nSPS) is 11.6. The number of imidazole rings is 1. The first-order valence-electron chi connectivity index (χ1n) is 40.6. The Morgan fingerprint density at radius 3 is 0.959 bits per heavy atom. The zero-order chi connectivity index (χ0) is 81.0. The predicted molar refractivity (Wildman–Crippen MR) is 500 cm³/mol. The zero-order valence-electron chi connectivity index (χ0n) is 65.6. The molecule has 24 aromatic rings. The molecule has 0 aliphatic carbocycles. The van der Waals surface area contributed by atoms with Gasteiger partial charge in [-0.1, -0.05) is 358 Å². The highest BCUT2D eigenvalue weighted by Crippen LogP contribution is 2.47. The molecule has 24 rings (SSSR count). The van der Waals surface area contributed by atoms with Crippen LogP contribution in [0, 0.1) is 0 Å². The van der Waals surface area contributed by atoms with Crippen molar-refractivity contribution in [1.29, 1.82) is 0 Å². The summed E-state index contributed by atoms with van der Waals surface area (Å²) in [6, 6.07) is 143. The summed E-state index contributed by atoms with van der Waals surface area (Å²) in [6.45, 7) is 0. The Kier molecular flexibility index (Phi) is 18.3. The van der Waals surface area contributed by atoms with Crippen LogP contribution in [0.15, 0.2) is 438 Å². The van der Waals surface area contributed by atoms with Gasteiger partial charge in [-0.3, -0.25) is 4.57 Å². The Bertz CT molecular complexity index is 8020. The van der Waals surface area contributed by atoms with Crippen LogP contribution in [0.4, 0.5) is 0 Å². The number of hydrogen-bond acceptors (Lipinski definition) is 10. The number of rotatable bonds is 12. The van der Waals surface area contributed by atoms with E-state index in [1.165, 1.54) is 0 Å². The maximum absolute atomic E-state index is 14.7. The second kappa shape index (κ2) is 30.8. The van der Waals surface area contributed by atoms with Gasteiger partial charge in [-0.25, -0.2) is 29.9 Å². The van der Waals surface area contributed by atoms with Crippen molar-refractivity contribution >= 4 is 133 Å². The molecule has 0 fully saturated rings. The van der Waals surface area contributed by atoms with E-state index in [-0.39, 0.29) is 0 Å². The summed E-state index contributed by atoms with van der Waals surface area (Å²) in [4.78, 5) is 30.0. The van der Waals surface area contributed by atoms with Crippen molar-refractivity contribution in [2.24, 2.45) is 0 Å². The molecule has 0 saturated heterocycles. The number of nitrogens with zero attached hydrogens (tertiary/aromatic N) is 7. The van der Waals surface area contributed by atoms with Gasteiger partial charge in [-0.15, -0.1) is 0 Å². The molecule has 0 saturated carbocycles. The van der Waals surface area contributed by atoms with Gasteiger partial charge in [0.1, 0.15) is 39.7 Å². The second-order valence-corrected chi connectivity index (χ2v) is 33.0. The van der Waals surface area contributed by atoms with Crippen LogP contribution in [0.3, 0.4) is 0 Å². The number of fused-ring (bicyclic) bond motifs is 16. The highest BCUT2D eigenvalue weighted by atomic mass is 31.2. The summed E-state index contributed by atoms with van der Waals surface area (Å²) >= 11 is 0. The highest BCUT2D eigenvalue weighted by Gasteiger charge is 2.31. The molecular weight excluding hydrogens is 1510 g/mol. The van der Waals surface area contributed by atoms with Crippen molar-refractivity contribution in [1.82, 2.24) is 34.5 Å². The summed E-state index contributed by atoms with van der Waals surface area (Å²) in [7, 11) is -3.04. The number of hydrogen-bond donors (Lipinski definition) is 0. The fourth-order valence-electron chi connectivity index (χ4n) is 17.0. The van der Waals surface area contributed by atoms with Crippen LogP contribution >= 0.6 is 7.14 Å². The maximum atomic E-state index is 14.7. The van der Waals surface area contributed by atoms with Gasteiger partial charge >= 0.3 is 0 Å². The molecule has 0 N–H and O–H groups in total. The van der Waals surface area contributed by atoms with E-state index in [1.54, 1.807) is 0 Å². The van der Waals surface area contributed by atoms with E-state index in [2.05, 4.69) is 211 Å². The van der Waals surface area contributed by atoms with Gasteiger partial charge in [0, 0.05) is 109 Å². The summed E-state index contributed by atoms with van der Waals surface area (Å²) < 4.78 is 36.2. The Balaban J connectivity index is 0.000000110. The average Bonchev–Trinajstić information content (AvgIpc) is 1.55. The Morgan fingerprint density at radius 1 is 0.230 bits per heavy atom. The van der Waals surface area contributed by atoms with Crippen molar-refractivity contribution in [2.75, 3.05) is 0 Å². The Hall–Kier alpha value is -16.1. The monoisotopic (exact) mass is 1580 g/mol. The number of aromatic nitrogens is 7. The van der Waals surface area contributed by atoms with Crippen molar-refractivity contribution in [3.8, 4) is 95.9 Å². The van der Waals surface area contributed by atoms with Crippen LogP contribution in [0.2, 0.25) is 0 Å². The standard InChI is InChI=1S/C40H25N3O.C37H23N3O.C33H22NO2P/c1-2-10-29(11-3-1)40-42-34-15-7-8-16-35(34)43(40)30-24-22-27(23-25-30)26-18-20-28(21-19-26)38-39-37(31-12-4-6-14-33(31)41-38)32-13-5-9-17-36(32)44-39;1-3-11-24(12-4-1)31-23-32(40-37(39-31)27-13-5-2-6-14-27)25-19-21-26(22-20-25)35-36-34(28-15-7-9-17-30(28)38-35)29-16-8-10-18-33(29)41-36;35-37(24-11-3-1-4-12-24,25-13-5-2-6-14-25)26-21-19-23(20-22-26)32-33-31(27-15-7-9-17-29(27)34-32)28-16-8-10-18-30(28)36-33/h1-25H;1-23H;1-22H. The Morgan fingerprint density at radius 2 is 0.533 bits per heavy atom. The summed E-state index contributed by atoms with van der Waals surface area (Å²) in [5, 5.41) is 12.3. The van der Waals surface area contributed by atoms with E-state index >= 15 is 0 Å². The third-order valence-corrected chi connectivity index (χ3v) is 26.0. The van der Waals surface area contributed by atoms with Crippen molar-refractivity contribution < 1.29 is 17.8 Å². The number of furan rings is 3. The fraction of sp³-hybridized carbons (Fsp3) is 0. The molecule has 0 atom stereocenters. The average molecular weight is 1580 g/mol. The molecule has 0 bridgehead atoms. The van der Waals surface area contributed by atoms with Gasteiger partial charge in [0.05, 0.1) is 39.0 Å². The first kappa shape index (κ1) is 72.4. The molecular formula is C110H70N7O4P. The van der Waals surface area contributed by atoms with Gasteiger partial charge in [0.25, 0.3) is 0 Å². The third-order valence-electron chi connectivity index (χ3n) is 22.9. The highest BCUT2D eigenvalue weighted by molar-refractivity contribution is 7.85. The summed E-state index contributed by atoms with van der Waals surface area (Å²) in [6.07, 6.45) is 0. The largest absolute Gasteiger partial charge is 0.454 e. The van der Waals surface area contributed by atoms with Crippen molar-refractivity contribution in [3.63, 3.8) is 0 Å². The number of pyridine rings is 3. The van der Waals surface area contributed by atoms with Crippen LogP contribution in [0.1, 0.15) is 0 Å². The number of para-hydroxylation sites is 8. The lowest BCUT2D eigenvalue weighted by Gasteiger charge is -2.20. The van der Waals surface area contributed by atoms with Crippen LogP contribution in [-0.2, 0) is 4.57 Å². The molecule has 0 radical (unpaired) electrons. The molecule has 12 heteroatoms. The molecule has 574 valence electrons. The minimum absolute atomic E-state index is 0.700. The first-order chi connectivity index (χ1) is 60.4. The maximum Gasteiger partial charge on any atom is 0.171 e. The van der Waals surface area contributed by atoms with E-state index in [9.17, 15) is 4.57 Å². The SMILES string of the molecule is O=P(c1ccccc1)(c1ccccc1)c1ccc(-c2nc3ccccc3c3c2oc2ccccc23)cc1.c1ccc(-c2cc(-c3ccc(-c4nc5ccccc5c5c4oc4ccccc45)cc3)nc(-c3ccccc3)n2)cc1.c1ccc(-c2nc3ccccc3n2-c2ccc(-c3ccc(-c4nc5ccccc5c5c4oc4ccccc45)cc3)cc2)cc1. The van der Waals surface area contributed by atoms with Gasteiger partial charge < -0.3 is 17.8 Å². The Labute approximate surface area is 700 Å². The van der Waals surface area contributed by atoms with Crippen molar-refractivity contribution in [2.45, 2.75) is 0 Å². The van der Waals surface area contributed by atoms with Gasteiger partial charge in [-0.05, 0) is 77.9 Å². The molecule has 0 spiro atoms. The lowest BCUT2D eigenvalue weighted by atomic mass is 10.00. The van der Waals surface area contributed by atoms with Crippen molar-refractivity contribution in [3.05, 3.63) is 425 Å². The lowest BCUT2D eigenvalue weighted by molar-refractivity contribution is 0.592. The summed E-state index contributed by atoms with van der Waals surface area (Å²) in [5.74, 6) is 1.63. The van der Waals surface area contributed by atoms with Crippen LogP contribution in [-0.4, -0.2) is 34.5 Å². The first-order valence-corrected chi connectivity index (χ1v) is 42.3. The molecule has 16 aromatic carbocycles. The smallest absolute Gasteiger partial charge is 0.171 e. The molecule has 0 unspecified atom stereocenters. The van der Waals surface area contributed by atoms with E-state index in [0.717, 1.165) is 216 Å². The fourth-order valence-corrected chi connectivity index (χ4v) is 19.6. The zero-order valence-corrected chi connectivity index (χ0v) is 66.5. The predicted octanol–water partition coefficient (Wildman–Crippen LogP) is 27.5. The topological polar surface area (TPSA) is 139 Å². The molecule has 0 aliphatic rings. The molecule has 8 aromatic heterocycles. The lowest BCUT2D eigenvalue weighted by Crippen LogP contribution is -2.24. The van der Waals surface area contributed by atoms with E-state index < -0.39 is 7.14 Å². The van der Waals surface area contributed by atoms with E-state index in [4.69, 9.17) is 43.2 Å². The minimum Gasteiger partial charge on any atom is -0.454 e. The van der Waals surface area contributed by atoms with Gasteiger partial charge in [-0.2, -0.15) is 0 Å². The quantitative estimate of drug-likeness (QED) is 0.109. The molecule has 11 nitrogen and oxygen atoms in total. The second-order valence-electron chi connectivity index (χ2n) is 30.2. The molecule has 0 amide bonds. The van der Waals surface area contributed by atoms with Crippen LogP contribution in [0.25, 0.3) is 205 Å². The van der Waals surface area contributed by atoms with Gasteiger partial charge in [0.2, 0.25) is 0 Å². The van der Waals surface area contributed by atoms with Crippen LogP contribution in [0.5, 0.6) is 0 Å². The summed E-state index contributed by atoms with van der Waals surface area (Å²) in [5.41, 5.74) is 24.5. The number of benzene rings is 16. The molecule has 0 aliphatic heterocycles. The van der Waals surface area contributed by atoms with E-state index in [0.29, 0.717) is 5.82 Å². The third kappa shape index (κ3) is 13.0. The molecule has 122 heavy (non-hydrogen) atoms. The van der Waals surface area contributed by atoms with Gasteiger partial charge in [0.15, 0.2) is 29.7 Å². The van der Waals surface area contributed by atoms with Crippen LogP contribution < -0.4 is 15.9 Å². The minimum atomic E-state index is -3.04. The van der Waals surface area contributed by atoms with E-state index in [1.807, 2.05) is 218 Å². The molecule has 8 heterocycles.